The van der Waals surface area contributed by atoms with Gasteiger partial charge in [0.05, 0.1) is 18.0 Å². The summed E-state index contributed by atoms with van der Waals surface area (Å²) in [6, 6.07) is 6.89. The van der Waals surface area contributed by atoms with Crippen LogP contribution in [0.2, 0.25) is 0 Å². The van der Waals surface area contributed by atoms with Crippen LogP contribution in [0.25, 0.3) is 0 Å². The summed E-state index contributed by atoms with van der Waals surface area (Å²) in [5, 5.41) is 11.7. The van der Waals surface area contributed by atoms with Crippen LogP contribution in [0.1, 0.15) is 12.8 Å². The van der Waals surface area contributed by atoms with E-state index in [-0.39, 0.29) is 29.3 Å². The molecule has 0 saturated carbocycles. The van der Waals surface area contributed by atoms with Gasteiger partial charge in [-0.3, -0.25) is 14.9 Å². The molecule has 3 rings (SSSR count). The van der Waals surface area contributed by atoms with Crippen molar-refractivity contribution < 1.29 is 19.2 Å². The first kappa shape index (κ1) is 19.0. The Balaban J connectivity index is 1.85. The molecule has 0 amide bonds. The highest BCUT2D eigenvalue weighted by Crippen LogP contribution is 2.37. The normalized spacial score (nSPS) is 14.7. The number of halogens is 1. The number of carbonyl (C=O) groups is 1. The molecule has 0 unspecified atom stereocenters. The van der Waals surface area contributed by atoms with Crippen LogP contribution in [0, 0.1) is 16.0 Å². The third kappa shape index (κ3) is 4.33. The Morgan fingerprint density at radius 3 is 2.52 bits per heavy atom. The third-order valence-electron chi connectivity index (χ3n) is 4.31. The number of ether oxygens (including phenoxy) is 2. The van der Waals surface area contributed by atoms with Crippen LogP contribution in [0.15, 0.2) is 35.1 Å². The molecule has 2 heterocycles. The standard InChI is InChI=1S/C17H17BrN4O5/c1-26-17(23)11-6-8-21(9-7-11)15-14(22(24)25)16(20-10-19-15)27-13-4-2-12(18)3-5-13/h2-5,10-11H,6-9H2,1H3. The number of anilines is 1. The van der Waals surface area contributed by atoms with Crippen molar-refractivity contribution in [1.82, 2.24) is 9.97 Å². The Labute approximate surface area is 163 Å². The average molecular weight is 437 g/mol. The molecule has 0 spiro atoms. The van der Waals surface area contributed by atoms with E-state index in [1.165, 1.54) is 13.4 Å². The molecule has 1 aromatic heterocycles. The van der Waals surface area contributed by atoms with Crippen LogP contribution in [-0.4, -0.2) is 41.1 Å². The van der Waals surface area contributed by atoms with Gasteiger partial charge in [-0.25, -0.2) is 4.98 Å². The number of nitro groups is 1. The lowest BCUT2D eigenvalue weighted by atomic mass is 9.97. The minimum absolute atomic E-state index is 0.123. The van der Waals surface area contributed by atoms with Gasteiger partial charge in [0.2, 0.25) is 5.82 Å². The molecule has 2 aromatic rings. The van der Waals surface area contributed by atoms with E-state index in [9.17, 15) is 14.9 Å². The number of piperidine rings is 1. The second kappa shape index (κ2) is 8.30. The molecule has 1 aromatic carbocycles. The largest absolute Gasteiger partial charge is 0.469 e. The zero-order valence-corrected chi connectivity index (χ0v) is 16.1. The van der Waals surface area contributed by atoms with Gasteiger partial charge in [-0.1, -0.05) is 15.9 Å². The van der Waals surface area contributed by atoms with Crippen molar-refractivity contribution in [1.29, 1.82) is 0 Å². The number of nitrogens with zero attached hydrogens (tertiary/aromatic N) is 4. The maximum Gasteiger partial charge on any atom is 0.373 e. The first-order chi connectivity index (χ1) is 13.0. The molecule has 1 fully saturated rings. The fourth-order valence-corrected chi connectivity index (χ4v) is 3.19. The molecular formula is C17H17BrN4O5. The number of rotatable bonds is 5. The monoisotopic (exact) mass is 436 g/mol. The smallest absolute Gasteiger partial charge is 0.373 e. The van der Waals surface area contributed by atoms with Gasteiger partial charge in [0, 0.05) is 17.6 Å². The molecule has 0 bridgehead atoms. The Morgan fingerprint density at radius 2 is 1.93 bits per heavy atom. The average Bonchev–Trinajstić information content (AvgIpc) is 2.69. The van der Waals surface area contributed by atoms with Gasteiger partial charge in [0.1, 0.15) is 12.1 Å². The van der Waals surface area contributed by atoms with Gasteiger partial charge in [-0.2, -0.15) is 4.98 Å². The zero-order chi connectivity index (χ0) is 19.4. The number of aromatic nitrogens is 2. The van der Waals surface area contributed by atoms with Crippen molar-refractivity contribution in [3.63, 3.8) is 0 Å². The number of hydrogen-bond acceptors (Lipinski definition) is 8. The van der Waals surface area contributed by atoms with E-state index in [1.807, 2.05) is 0 Å². The Hall–Kier alpha value is -2.75. The molecule has 0 radical (unpaired) electrons. The van der Waals surface area contributed by atoms with Crippen molar-refractivity contribution in [2.24, 2.45) is 5.92 Å². The number of hydrogen-bond donors (Lipinski definition) is 0. The topological polar surface area (TPSA) is 108 Å². The Kier molecular flexibility index (Phi) is 5.84. The van der Waals surface area contributed by atoms with Crippen LogP contribution < -0.4 is 9.64 Å². The minimum atomic E-state index is -0.546. The number of esters is 1. The molecule has 0 N–H and O–H groups in total. The highest BCUT2D eigenvalue weighted by Gasteiger charge is 2.33. The minimum Gasteiger partial charge on any atom is -0.469 e. The summed E-state index contributed by atoms with van der Waals surface area (Å²) in [5.41, 5.74) is -0.295. The SMILES string of the molecule is COC(=O)C1CCN(c2ncnc(Oc3ccc(Br)cc3)c2[N+](=O)[O-])CC1. The van der Waals surface area contributed by atoms with Gasteiger partial charge in [-0.15, -0.1) is 0 Å². The summed E-state index contributed by atoms with van der Waals surface area (Å²) in [4.78, 5) is 32.6. The molecule has 9 nitrogen and oxygen atoms in total. The lowest BCUT2D eigenvalue weighted by Gasteiger charge is -2.31. The summed E-state index contributed by atoms with van der Waals surface area (Å²) < 4.78 is 11.3. The molecule has 0 aliphatic carbocycles. The van der Waals surface area contributed by atoms with Crippen molar-refractivity contribution >= 4 is 33.4 Å². The van der Waals surface area contributed by atoms with Gasteiger partial charge < -0.3 is 14.4 Å². The zero-order valence-electron chi connectivity index (χ0n) is 14.5. The van der Waals surface area contributed by atoms with Crippen molar-refractivity contribution in [2.45, 2.75) is 12.8 Å². The lowest BCUT2D eigenvalue weighted by Crippen LogP contribution is -2.37. The predicted molar refractivity (Wildman–Crippen MR) is 99.9 cm³/mol. The van der Waals surface area contributed by atoms with Crippen LogP contribution in [0.5, 0.6) is 11.6 Å². The van der Waals surface area contributed by atoms with Gasteiger partial charge in [-0.05, 0) is 37.1 Å². The summed E-state index contributed by atoms with van der Waals surface area (Å²) in [5.74, 6) is 0.0277. The van der Waals surface area contributed by atoms with E-state index in [0.717, 1.165) is 4.47 Å². The Bertz CT molecular complexity index is 838. The summed E-state index contributed by atoms with van der Waals surface area (Å²) in [6.07, 6.45) is 2.32. The van der Waals surface area contributed by atoms with Crippen molar-refractivity contribution in [3.8, 4) is 11.6 Å². The molecule has 1 aliphatic rings. The molecule has 27 heavy (non-hydrogen) atoms. The molecule has 1 saturated heterocycles. The quantitative estimate of drug-likeness (QED) is 0.398. The molecule has 1 aliphatic heterocycles. The van der Waals surface area contributed by atoms with Crippen LogP contribution >= 0.6 is 15.9 Å². The fraction of sp³-hybridized carbons (Fsp3) is 0.353. The molecular weight excluding hydrogens is 420 g/mol. The van der Waals surface area contributed by atoms with Crippen molar-refractivity contribution in [3.05, 3.63) is 45.2 Å². The fourth-order valence-electron chi connectivity index (χ4n) is 2.93. The molecule has 142 valence electrons. The lowest BCUT2D eigenvalue weighted by molar-refractivity contribution is -0.385. The van der Waals surface area contributed by atoms with E-state index < -0.39 is 4.92 Å². The number of carbonyl (C=O) groups excluding carboxylic acids is 1. The number of benzene rings is 1. The van der Waals surface area contributed by atoms with E-state index in [4.69, 9.17) is 9.47 Å². The summed E-state index contributed by atoms with van der Waals surface area (Å²) >= 11 is 3.32. The van der Waals surface area contributed by atoms with Gasteiger partial charge >= 0.3 is 17.5 Å². The van der Waals surface area contributed by atoms with E-state index >= 15 is 0 Å². The van der Waals surface area contributed by atoms with Crippen molar-refractivity contribution in [2.75, 3.05) is 25.1 Å². The summed E-state index contributed by atoms with van der Waals surface area (Å²) in [6.45, 7) is 0.907. The van der Waals surface area contributed by atoms with E-state index in [2.05, 4.69) is 25.9 Å². The maximum absolute atomic E-state index is 11.7. The van der Waals surface area contributed by atoms with Crippen LogP contribution in [0.4, 0.5) is 11.5 Å². The maximum atomic E-state index is 11.7. The van der Waals surface area contributed by atoms with Gasteiger partial charge in [0.15, 0.2) is 0 Å². The number of methoxy groups -OCH3 is 1. The van der Waals surface area contributed by atoms with E-state index in [1.54, 1.807) is 29.2 Å². The van der Waals surface area contributed by atoms with Crippen LogP contribution in [-0.2, 0) is 9.53 Å². The second-order valence-electron chi connectivity index (χ2n) is 5.95. The predicted octanol–water partition coefficient (Wildman–Crippen LogP) is 3.33. The highest BCUT2D eigenvalue weighted by molar-refractivity contribution is 9.10. The van der Waals surface area contributed by atoms with Gasteiger partial charge in [0.25, 0.3) is 0 Å². The first-order valence-electron chi connectivity index (χ1n) is 8.25. The van der Waals surface area contributed by atoms with Crippen LogP contribution in [0.3, 0.4) is 0 Å². The molecule has 0 atom stereocenters. The second-order valence-corrected chi connectivity index (χ2v) is 6.86. The molecule has 10 heteroatoms. The summed E-state index contributed by atoms with van der Waals surface area (Å²) in [7, 11) is 1.36. The first-order valence-corrected chi connectivity index (χ1v) is 9.04. The Morgan fingerprint density at radius 1 is 1.26 bits per heavy atom. The van der Waals surface area contributed by atoms with E-state index in [0.29, 0.717) is 31.7 Å². The highest BCUT2D eigenvalue weighted by atomic mass is 79.9. The third-order valence-corrected chi connectivity index (χ3v) is 4.84.